The molecule has 2 N–H and O–H groups in total. The van der Waals surface area contributed by atoms with Gasteiger partial charge < -0.3 is 10.6 Å². The Bertz CT molecular complexity index is 1090. The van der Waals surface area contributed by atoms with Gasteiger partial charge in [0.15, 0.2) is 0 Å². The van der Waals surface area contributed by atoms with E-state index in [-0.39, 0.29) is 28.9 Å². The van der Waals surface area contributed by atoms with E-state index in [1.54, 1.807) is 12.1 Å². The van der Waals surface area contributed by atoms with Crippen molar-refractivity contribution >= 4 is 26.7 Å². The number of fused-ring (bicyclic) bond motifs is 1. The number of hydrogen-bond donors (Lipinski definition) is 2. The van der Waals surface area contributed by atoms with E-state index >= 15 is 0 Å². The lowest BCUT2D eigenvalue weighted by molar-refractivity contribution is -0.127. The molecule has 0 atom stereocenters. The molecule has 32 heavy (non-hydrogen) atoms. The van der Waals surface area contributed by atoms with Crippen LogP contribution in [0.5, 0.6) is 0 Å². The van der Waals surface area contributed by atoms with Crippen LogP contribution in [0.4, 0.5) is 0 Å². The van der Waals surface area contributed by atoms with Gasteiger partial charge in [-0.25, -0.2) is 8.42 Å². The van der Waals surface area contributed by atoms with E-state index in [1.807, 2.05) is 30.3 Å². The second kappa shape index (κ2) is 8.43. The van der Waals surface area contributed by atoms with E-state index < -0.39 is 10.0 Å². The first kappa shape index (κ1) is 23.2. The SMILES string of the molecule is CC1(C)CC(NC(=O)C2CCN(S(=O)(=O)c3ccc4ccccc4c3)CC2)CC(C)(C)N1. The summed E-state index contributed by atoms with van der Waals surface area (Å²) in [6.07, 6.45) is 2.88. The Kier molecular flexibility index (Phi) is 6.11. The summed E-state index contributed by atoms with van der Waals surface area (Å²) in [7, 11) is -3.57. The van der Waals surface area contributed by atoms with Gasteiger partial charge in [-0.05, 0) is 76.3 Å². The predicted octanol–water partition coefficient (Wildman–Crippen LogP) is 3.67. The molecule has 0 unspecified atom stereocenters. The molecule has 2 aliphatic heterocycles. The summed E-state index contributed by atoms with van der Waals surface area (Å²) in [6.45, 7) is 9.42. The van der Waals surface area contributed by atoms with Crippen molar-refractivity contribution in [2.75, 3.05) is 13.1 Å². The first-order chi connectivity index (χ1) is 15.0. The lowest BCUT2D eigenvalue weighted by atomic mass is 9.79. The van der Waals surface area contributed by atoms with E-state index in [2.05, 4.69) is 38.3 Å². The average Bonchev–Trinajstić information content (AvgIpc) is 2.71. The van der Waals surface area contributed by atoms with Crippen LogP contribution in [0.15, 0.2) is 47.4 Å². The highest BCUT2D eigenvalue weighted by Gasteiger charge is 2.39. The number of benzene rings is 2. The summed E-state index contributed by atoms with van der Waals surface area (Å²) in [5, 5.41) is 8.83. The number of piperidine rings is 2. The van der Waals surface area contributed by atoms with Gasteiger partial charge in [0, 0.05) is 36.1 Å². The number of carbonyl (C=O) groups is 1. The van der Waals surface area contributed by atoms with Crippen LogP contribution >= 0.6 is 0 Å². The molecule has 174 valence electrons. The second-order valence-electron chi connectivity index (χ2n) is 10.7. The van der Waals surface area contributed by atoms with Crippen molar-refractivity contribution < 1.29 is 13.2 Å². The number of rotatable bonds is 4. The largest absolute Gasteiger partial charge is 0.353 e. The minimum Gasteiger partial charge on any atom is -0.353 e. The molecule has 6 nitrogen and oxygen atoms in total. The average molecular weight is 458 g/mol. The van der Waals surface area contributed by atoms with Crippen LogP contribution in [0.1, 0.15) is 53.4 Å². The van der Waals surface area contributed by atoms with Crippen LogP contribution in [-0.2, 0) is 14.8 Å². The van der Waals surface area contributed by atoms with E-state index in [1.165, 1.54) is 4.31 Å². The van der Waals surface area contributed by atoms with Crippen LogP contribution < -0.4 is 10.6 Å². The van der Waals surface area contributed by atoms with Crippen molar-refractivity contribution in [1.29, 1.82) is 0 Å². The lowest BCUT2D eigenvalue weighted by Crippen LogP contribution is -2.62. The first-order valence-corrected chi connectivity index (χ1v) is 13.0. The number of sulfonamides is 1. The Morgan fingerprint density at radius 1 is 0.969 bits per heavy atom. The maximum Gasteiger partial charge on any atom is 0.243 e. The first-order valence-electron chi connectivity index (χ1n) is 11.5. The molecule has 4 rings (SSSR count). The summed E-state index contributed by atoms with van der Waals surface area (Å²) in [4.78, 5) is 13.3. The van der Waals surface area contributed by atoms with Gasteiger partial charge in [-0.1, -0.05) is 30.3 Å². The molecular formula is C25H35N3O3S. The van der Waals surface area contributed by atoms with Crippen molar-refractivity contribution in [3.8, 4) is 0 Å². The zero-order valence-corrected chi connectivity index (χ0v) is 20.3. The fourth-order valence-electron chi connectivity index (χ4n) is 5.58. The van der Waals surface area contributed by atoms with Crippen molar-refractivity contribution in [1.82, 2.24) is 14.9 Å². The zero-order chi connectivity index (χ0) is 23.1. The van der Waals surface area contributed by atoms with Gasteiger partial charge in [-0.15, -0.1) is 0 Å². The molecule has 0 aromatic heterocycles. The molecule has 0 aliphatic carbocycles. The summed E-state index contributed by atoms with van der Waals surface area (Å²) < 4.78 is 27.9. The summed E-state index contributed by atoms with van der Waals surface area (Å²) >= 11 is 0. The number of hydrogen-bond acceptors (Lipinski definition) is 4. The molecule has 1 amide bonds. The molecule has 2 saturated heterocycles. The fourth-order valence-corrected chi connectivity index (χ4v) is 7.08. The minimum atomic E-state index is -3.57. The molecule has 2 aromatic carbocycles. The zero-order valence-electron chi connectivity index (χ0n) is 19.5. The number of carbonyl (C=O) groups excluding carboxylic acids is 1. The third kappa shape index (κ3) is 5.00. The van der Waals surface area contributed by atoms with Gasteiger partial charge in [-0.3, -0.25) is 4.79 Å². The quantitative estimate of drug-likeness (QED) is 0.734. The molecule has 2 fully saturated rings. The standard InChI is InChI=1S/C25H35N3O3S/c1-24(2)16-21(17-25(3,4)27-24)26-23(29)19-11-13-28(14-12-19)32(30,31)22-10-9-18-7-5-6-8-20(18)15-22/h5-10,15,19,21,27H,11-14,16-17H2,1-4H3,(H,26,29). The topological polar surface area (TPSA) is 78.5 Å². The Hall–Kier alpha value is -1.96. The van der Waals surface area contributed by atoms with Gasteiger partial charge in [0.25, 0.3) is 0 Å². The minimum absolute atomic E-state index is 0.0308. The highest BCUT2D eigenvalue weighted by molar-refractivity contribution is 7.89. The molecule has 0 spiro atoms. The van der Waals surface area contributed by atoms with Crippen molar-refractivity contribution in [3.63, 3.8) is 0 Å². The molecule has 2 aromatic rings. The maximum absolute atomic E-state index is 13.2. The van der Waals surface area contributed by atoms with Crippen molar-refractivity contribution in [2.24, 2.45) is 5.92 Å². The maximum atomic E-state index is 13.2. The van der Waals surface area contributed by atoms with Crippen LogP contribution in [-0.4, -0.2) is 48.8 Å². The Labute approximate surface area is 191 Å². The van der Waals surface area contributed by atoms with Gasteiger partial charge in [-0.2, -0.15) is 4.31 Å². The van der Waals surface area contributed by atoms with Crippen LogP contribution in [0, 0.1) is 5.92 Å². The molecule has 2 aliphatic rings. The third-order valence-electron chi connectivity index (χ3n) is 6.72. The lowest BCUT2D eigenvalue weighted by Gasteiger charge is -2.47. The van der Waals surface area contributed by atoms with Gasteiger partial charge in [0.2, 0.25) is 15.9 Å². The molecule has 0 saturated carbocycles. The van der Waals surface area contributed by atoms with Crippen LogP contribution in [0.3, 0.4) is 0 Å². The van der Waals surface area contributed by atoms with E-state index in [0.29, 0.717) is 30.8 Å². The Morgan fingerprint density at radius 2 is 1.56 bits per heavy atom. The van der Waals surface area contributed by atoms with E-state index in [0.717, 1.165) is 23.6 Å². The summed E-state index contributed by atoms with van der Waals surface area (Å²) in [6, 6.07) is 13.2. The van der Waals surface area contributed by atoms with E-state index in [9.17, 15) is 13.2 Å². The Balaban J connectivity index is 1.38. The van der Waals surface area contributed by atoms with Crippen LogP contribution in [0.2, 0.25) is 0 Å². The highest BCUT2D eigenvalue weighted by atomic mass is 32.2. The highest BCUT2D eigenvalue weighted by Crippen LogP contribution is 2.30. The predicted molar refractivity (Wildman–Crippen MR) is 128 cm³/mol. The summed E-state index contributed by atoms with van der Waals surface area (Å²) in [5.41, 5.74) is -0.0615. The molecule has 0 bridgehead atoms. The van der Waals surface area contributed by atoms with Crippen molar-refractivity contribution in [3.05, 3.63) is 42.5 Å². The van der Waals surface area contributed by atoms with Crippen molar-refractivity contribution in [2.45, 2.75) is 75.4 Å². The molecule has 7 heteroatoms. The van der Waals surface area contributed by atoms with Gasteiger partial charge in [0.1, 0.15) is 0 Å². The smallest absolute Gasteiger partial charge is 0.243 e. The third-order valence-corrected chi connectivity index (χ3v) is 8.61. The van der Waals surface area contributed by atoms with Gasteiger partial charge >= 0.3 is 0 Å². The summed E-state index contributed by atoms with van der Waals surface area (Å²) in [5.74, 6) is -0.0783. The second-order valence-corrected chi connectivity index (χ2v) is 12.6. The number of amides is 1. The van der Waals surface area contributed by atoms with E-state index in [4.69, 9.17) is 0 Å². The Morgan fingerprint density at radius 3 is 2.19 bits per heavy atom. The fraction of sp³-hybridized carbons (Fsp3) is 0.560. The van der Waals surface area contributed by atoms with Gasteiger partial charge in [0.05, 0.1) is 4.90 Å². The number of nitrogens with one attached hydrogen (secondary N) is 2. The van der Waals surface area contributed by atoms with Crippen LogP contribution in [0.25, 0.3) is 10.8 Å². The number of nitrogens with zero attached hydrogens (tertiary/aromatic N) is 1. The molecule has 2 heterocycles. The normalized spacial score (nSPS) is 22.6. The molecule has 0 radical (unpaired) electrons. The monoisotopic (exact) mass is 457 g/mol. The molecular weight excluding hydrogens is 422 g/mol.